The zero-order chi connectivity index (χ0) is 54.1. The quantitative estimate of drug-likeness (QED) is 0.0296. The molecule has 0 saturated carbocycles. The summed E-state index contributed by atoms with van der Waals surface area (Å²) in [6.45, 7) is 4.56. The number of fused-ring (bicyclic) bond motifs is 1. The lowest BCUT2D eigenvalue weighted by molar-refractivity contribution is -0.160. The van der Waals surface area contributed by atoms with E-state index in [1.165, 1.54) is 29.2 Å². The molecule has 2 aliphatic heterocycles. The van der Waals surface area contributed by atoms with Gasteiger partial charge in [0.2, 0.25) is 6.61 Å². The summed E-state index contributed by atoms with van der Waals surface area (Å²) in [6.07, 6.45) is 3.19. The number of methoxy groups -OCH3 is 3. The SMILES string of the molecule is COc1ccc(COC(=O)C2=C(/C=C/c3cc(-c4cc(Cl)c(OCc5ccc(OC)cc5)c(OCc5ccc(OC)cc5)c4Cl)no3)CS[C@@H]3[C@H](NC(=O)/C(=N\OCC(=O)OC(C)(C)C)c4csc(N)n4)C(=O)N23)cc1. The van der Waals surface area contributed by atoms with E-state index in [4.69, 9.17) is 71.5 Å². The molecule has 23 heteroatoms. The highest BCUT2D eigenvalue weighted by atomic mass is 35.5. The van der Waals surface area contributed by atoms with Crippen LogP contribution in [-0.2, 0) is 53.3 Å². The van der Waals surface area contributed by atoms with E-state index < -0.39 is 47.4 Å². The van der Waals surface area contributed by atoms with E-state index in [1.807, 2.05) is 48.5 Å². The third kappa shape index (κ3) is 13.2. The molecule has 396 valence electrons. The second kappa shape index (κ2) is 24.3. The maximum atomic E-state index is 14.2. The number of nitrogens with zero attached hydrogens (tertiary/aromatic N) is 4. The summed E-state index contributed by atoms with van der Waals surface area (Å²) in [6, 6.07) is 23.7. The molecule has 4 heterocycles. The molecule has 1 saturated heterocycles. The Labute approximate surface area is 454 Å². The largest absolute Gasteiger partial charge is 0.497 e. The summed E-state index contributed by atoms with van der Waals surface area (Å²) in [5, 5.41) is 12.1. The predicted molar refractivity (Wildman–Crippen MR) is 285 cm³/mol. The van der Waals surface area contributed by atoms with Crippen LogP contribution in [0.4, 0.5) is 5.13 Å². The standard InChI is InChI=1S/C53H50Cl2N6O13S2/c1-53(2,3)73-41(62)26-72-60-43(40-28-76-52(56)57-40)48(63)58-44-49(64)61-45(51(65)71-25-31-11-18-35(68-6)19-12-31)32(27-75-50(44)61)13-20-36-21-39(59-74-36)37-22-38(54)46(69-23-29-7-14-33(66-4)15-8-29)47(42(37)55)70-24-30-9-16-34(67-5)17-10-30/h7-22,28,44,50H,23-27H2,1-6H3,(H2,56,57)(H,58,63)/b20-13+,60-43-/t44-,50-/m1/s1. The number of carbonyl (C=O) groups is 4. The summed E-state index contributed by atoms with van der Waals surface area (Å²) in [5.41, 5.74) is 8.12. The number of halogens is 2. The number of rotatable bonds is 21. The minimum atomic E-state index is -1.13. The number of aromatic nitrogens is 2. The number of thiazole rings is 1. The van der Waals surface area contributed by atoms with Crippen LogP contribution in [0.2, 0.25) is 10.0 Å². The number of nitrogens with one attached hydrogen (secondary N) is 1. The number of anilines is 1. The molecule has 0 bridgehead atoms. The number of allylic oxidation sites excluding steroid dienone is 1. The lowest BCUT2D eigenvalue weighted by Gasteiger charge is -2.49. The molecule has 0 spiro atoms. The Morgan fingerprint density at radius 1 is 0.855 bits per heavy atom. The summed E-state index contributed by atoms with van der Waals surface area (Å²) in [4.78, 5) is 65.1. The van der Waals surface area contributed by atoms with Gasteiger partial charge in [-0.3, -0.25) is 14.5 Å². The van der Waals surface area contributed by atoms with Gasteiger partial charge in [0.15, 0.2) is 28.1 Å². The Bertz CT molecular complexity index is 3190. The van der Waals surface area contributed by atoms with Gasteiger partial charge in [-0.1, -0.05) is 76.0 Å². The number of benzene rings is 4. The topological polar surface area (TPSA) is 235 Å². The molecule has 8 rings (SSSR count). The van der Waals surface area contributed by atoms with E-state index in [-0.39, 0.29) is 75.1 Å². The van der Waals surface area contributed by atoms with Crippen LogP contribution in [0.25, 0.3) is 17.3 Å². The lowest BCUT2D eigenvalue weighted by Crippen LogP contribution is -2.71. The van der Waals surface area contributed by atoms with E-state index in [0.29, 0.717) is 39.6 Å². The molecule has 76 heavy (non-hydrogen) atoms. The second-order valence-electron chi connectivity index (χ2n) is 17.6. The minimum Gasteiger partial charge on any atom is -0.497 e. The number of thioether (sulfide) groups is 1. The summed E-state index contributed by atoms with van der Waals surface area (Å²) < 4.78 is 45.3. The average molecular weight is 1110 g/mol. The molecule has 3 N–H and O–H groups in total. The van der Waals surface area contributed by atoms with Gasteiger partial charge >= 0.3 is 11.9 Å². The minimum absolute atomic E-state index is 0.0467. The molecule has 1 fully saturated rings. The van der Waals surface area contributed by atoms with Crippen LogP contribution in [0, 0.1) is 0 Å². The van der Waals surface area contributed by atoms with E-state index in [2.05, 4.69) is 20.6 Å². The Kier molecular flexibility index (Phi) is 17.4. The monoisotopic (exact) mass is 1110 g/mol. The molecule has 0 unspecified atom stereocenters. The highest BCUT2D eigenvalue weighted by molar-refractivity contribution is 8.00. The van der Waals surface area contributed by atoms with Crippen molar-refractivity contribution in [2.75, 3.05) is 39.4 Å². The van der Waals surface area contributed by atoms with Gasteiger partial charge in [-0.15, -0.1) is 23.1 Å². The van der Waals surface area contributed by atoms with Crippen LogP contribution in [0.5, 0.6) is 28.7 Å². The third-order valence-electron chi connectivity index (χ3n) is 11.2. The Balaban J connectivity index is 1.05. The molecule has 19 nitrogen and oxygen atoms in total. The van der Waals surface area contributed by atoms with Crippen molar-refractivity contribution < 1.29 is 61.7 Å². The Morgan fingerprint density at radius 2 is 1.45 bits per heavy atom. The molecule has 2 aliphatic rings. The van der Waals surface area contributed by atoms with Crippen molar-refractivity contribution in [3.8, 4) is 40.0 Å². The van der Waals surface area contributed by atoms with Crippen molar-refractivity contribution in [3.63, 3.8) is 0 Å². The lowest BCUT2D eigenvalue weighted by atomic mass is 10.0. The normalized spacial score (nSPS) is 15.4. The van der Waals surface area contributed by atoms with Crippen LogP contribution < -0.4 is 34.7 Å². The smallest absolute Gasteiger partial charge is 0.355 e. The van der Waals surface area contributed by atoms with Crippen LogP contribution in [0.3, 0.4) is 0 Å². The summed E-state index contributed by atoms with van der Waals surface area (Å²) in [5.74, 6) is -0.193. The van der Waals surface area contributed by atoms with Crippen LogP contribution in [-0.4, -0.2) is 95.2 Å². The van der Waals surface area contributed by atoms with Gasteiger partial charge in [0.1, 0.15) is 71.2 Å². The van der Waals surface area contributed by atoms with Gasteiger partial charge in [-0.05, 0) is 91.6 Å². The van der Waals surface area contributed by atoms with Gasteiger partial charge < -0.3 is 53.6 Å². The number of carbonyl (C=O) groups excluding carboxylic acids is 4. The fourth-order valence-electron chi connectivity index (χ4n) is 7.50. The van der Waals surface area contributed by atoms with Crippen molar-refractivity contribution >= 4 is 87.0 Å². The molecule has 6 aromatic rings. The Morgan fingerprint density at radius 3 is 2.01 bits per heavy atom. The average Bonchev–Trinajstić information content (AvgIpc) is 4.09. The number of nitrogens with two attached hydrogens (primary N) is 1. The molecule has 0 aliphatic carbocycles. The van der Waals surface area contributed by atoms with Gasteiger partial charge in [-0.25, -0.2) is 14.6 Å². The molecule has 2 amide bonds. The number of oxime groups is 1. The maximum Gasteiger partial charge on any atom is 0.355 e. The summed E-state index contributed by atoms with van der Waals surface area (Å²) in [7, 11) is 4.71. The predicted octanol–water partition coefficient (Wildman–Crippen LogP) is 9.04. The first-order valence-electron chi connectivity index (χ1n) is 23.1. The molecule has 2 atom stereocenters. The van der Waals surface area contributed by atoms with Gasteiger partial charge in [0.25, 0.3) is 11.8 Å². The maximum absolute atomic E-state index is 14.2. The summed E-state index contributed by atoms with van der Waals surface area (Å²) >= 11 is 16.4. The zero-order valence-corrected chi connectivity index (χ0v) is 44.9. The number of nitrogen functional groups attached to an aromatic ring is 1. The van der Waals surface area contributed by atoms with Gasteiger partial charge in [0, 0.05) is 22.8 Å². The van der Waals surface area contributed by atoms with Crippen molar-refractivity contribution in [1.29, 1.82) is 0 Å². The fourth-order valence-corrected chi connectivity index (χ4v) is 9.91. The number of hydrogen-bond acceptors (Lipinski definition) is 19. The van der Waals surface area contributed by atoms with Crippen LogP contribution >= 0.6 is 46.3 Å². The molecule has 4 aromatic carbocycles. The van der Waals surface area contributed by atoms with Crippen LogP contribution in [0.1, 0.15) is 48.9 Å². The Hall–Kier alpha value is -7.72. The van der Waals surface area contributed by atoms with E-state index in [9.17, 15) is 19.2 Å². The first-order chi connectivity index (χ1) is 36.5. The first kappa shape index (κ1) is 54.5. The number of esters is 2. The molecule has 2 aromatic heterocycles. The highest BCUT2D eigenvalue weighted by Crippen LogP contribution is 2.48. The molecular weight excluding hydrogens is 1060 g/mol. The van der Waals surface area contributed by atoms with Crippen molar-refractivity contribution in [2.24, 2.45) is 5.16 Å². The second-order valence-corrected chi connectivity index (χ2v) is 20.4. The molecule has 0 radical (unpaired) electrons. The van der Waals surface area contributed by atoms with E-state index >= 15 is 0 Å². The number of β-lactam (4-membered cyclic amide) rings is 1. The first-order valence-corrected chi connectivity index (χ1v) is 25.8. The van der Waals surface area contributed by atoms with Crippen molar-refractivity contribution in [2.45, 2.75) is 57.6 Å². The van der Waals surface area contributed by atoms with Crippen molar-refractivity contribution in [3.05, 3.63) is 146 Å². The van der Waals surface area contributed by atoms with Gasteiger partial charge in [0.05, 0.1) is 31.4 Å². The number of ether oxygens (including phenoxy) is 7. The van der Waals surface area contributed by atoms with Crippen LogP contribution in [0.15, 0.2) is 117 Å². The van der Waals surface area contributed by atoms with Crippen molar-refractivity contribution in [1.82, 2.24) is 20.4 Å². The number of amides is 2. The third-order valence-corrected chi connectivity index (χ3v) is 13.8. The fraction of sp³-hybridized carbons (Fsp3) is 0.264. The van der Waals surface area contributed by atoms with E-state index in [1.54, 1.807) is 83.5 Å². The number of hydrogen-bond donors (Lipinski definition) is 2. The van der Waals surface area contributed by atoms with Gasteiger partial charge in [-0.2, -0.15) is 0 Å². The molecular formula is C53H50Cl2N6O13S2. The van der Waals surface area contributed by atoms with E-state index in [0.717, 1.165) is 22.5 Å². The zero-order valence-electron chi connectivity index (χ0n) is 41.8. The highest BCUT2D eigenvalue weighted by Gasteiger charge is 2.54.